The number of carbonyl (C=O) groups excluding carboxylic acids is 1. The Morgan fingerprint density at radius 2 is 2.04 bits per heavy atom. The Kier molecular flexibility index (Phi) is 4.87. The highest BCUT2D eigenvalue weighted by Crippen LogP contribution is 2.28. The molecule has 3 heterocycles. The van der Waals surface area contributed by atoms with E-state index in [2.05, 4.69) is 27.9 Å². The van der Waals surface area contributed by atoms with E-state index in [9.17, 15) is 4.79 Å². The lowest BCUT2D eigenvalue weighted by atomic mass is 10.0. The molecule has 26 heavy (non-hydrogen) atoms. The Hall–Kier alpha value is -2.43. The van der Waals surface area contributed by atoms with Gasteiger partial charge in [-0.25, -0.2) is 9.97 Å². The number of amides is 1. The van der Waals surface area contributed by atoms with Gasteiger partial charge in [-0.2, -0.15) is 0 Å². The Morgan fingerprint density at radius 1 is 1.15 bits per heavy atom. The van der Waals surface area contributed by atoms with E-state index in [4.69, 9.17) is 0 Å². The molecule has 0 N–H and O–H groups in total. The summed E-state index contributed by atoms with van der Waals surface area (Å²) in [5, 5.41) is 0. The van der Waals surface area contributed by atoms with Crippen LogP contribution in [0.4, 0.5) is 11.6 Å². The zero-order chi connectivity index (χ0) is 17.9. The number of rotatable bonds is 3. The third-order valence-corrected chi connectivity index (χ3v) is 5.57. The minimum Gasteiger partial charge on any atom is -0.338 e. The molecule has 0 aliphatic carbocycles. The largest absolute Gasteiger partial charge is 0.338 e. The quantitative estimate of drug-likeness (QED) is 0.844. The van der Waals surface area contributed by atoms with E-state index in [-0.39, 0.29) is 5.91 Å². The van der Waals surface area contributed by atoms with Crippen molar-refractivity contribution in [3.63, 3.8) is 0 Å². The van der Waals surface area contributed by atoms with Gasteiger partial charge in [0.1, 0.15) is 5.69 Å². The molecule has 2 aliphatic rings. The number of para-hydroxylation sites is 1. The summed E-state index contributed by atoms with van der Waals surface area (Å²) in [7, 11) is 0. The van der Waals surface area contributed by atoms with Crippen LogP contribution in [0.1, 0.15) is 55.1 Å². The van der Waals surface area contributed by atoms with Crippen molar-refractivity contribution in [2.75, 3.05) is 22.9 Å². The highest BCUT2D eigenvalue weighted by Gasteiger charge is 2.27. The van der Waals surface area contributed by atoms with Gasteiger partial charge in [0.15, 0.2) is 0 Å². The lowest BCUT2D eigenvalue weighted by Crippen LogP contribution is -2.41. The molecule has 1 fully saturated rings. The van der Waals surface area contributed by atoms with Crippen LogP contribution in [0.25, 0.3) is 0 Å². The molecular weight excluding hydrogens is 324 g/mol. The summed E-state index contributed by atoms with van der Waals surface area (Å²) >= 11 is 0. The number of hydrogen-bond donors (Lipinski definition) is 0. The maximum Gasteiger partial charge on any atom is 0.277 e. The molecule has 4 rings (SSSR count). The molecule has 0 bridgehead atoms. The van der Waals surface area contributed by atoms with Gasteiger partial charge in [-0.1, -0.05) is 25.1 Å². The number of benzene rings is 1. The third-order valence-electron chi connectivity index (χ3n) is 5.57. The molecule has 1 saturated heterocycles. The van der Waals surface area contributed by atoms with Crippen molar-refractivity contribution in [3.05, 3.63) is 47.8 Å². The van der Waals surface area contributed by atoms with Crippen molar-refractivity contribution in [2.24, 2.45) is 0 Å². The Morgan fingerprint density at radius 3 is 2.92 bits per heavy atom. The Bertz CT molecular complexity index is 791. The lowest BCUT2D eigenvalue weighted by Gasteiger charge is -2.35. The number of fused-ring (bicyclic) bond motifs is 1. The van der Waals surface area contributed by atoms with E-state index >= 15 is 0 Å². The van der Waals surface area contributed by atoms with Crippen LogP contribution in [0.5, 0.6) is 0 Å². The fourth-order valence-electron chi connectivity index (χ4n) is 4.18. The molecule has 1 aromatic carbocycles. The zero-order valence-electron chi connectivity index (χ0n) is 15.4. The van der Waals surface area contributed by atoms with Crippen molar-refractivity contribution in [1.82, 2.24) is 9.97 Å². The van der Waals surface area contributed by atoms with Gasteiger partial charge in [-0.05, 0) is 56.2 Å². The van der Waals surface area contributed by atoms with Gasteiger partial charge in [0, 0.05) is 31.0 Å². The van der Waals surface area contributed by atoms with Crippen LogP contribution < -0.4 is 9.80 Å². The molecule has 0 radical (unpaired) electrons. The van der Waals surface area contributed by atoms with Gasteiger partial charge < -0.3 is 9.80 Å². The van der Waals surface area contributed by atoms with E-state index in [0.29, 0.717) is 17.7 Å². The van der Waals surface area contributed by atoms with Gasteiger partial charge in [0.25, 0.3) is 5.91 Å². The molecule has 0 spiro atoms. The molecule has 5 nitrogen and oxygen atoms in total. The molecule has 5 heteroatoms. The SMILES string of the molecule is CCC1CCCCN1c1nccc(C(=O)N2CCCc3ccccc32)n1. The molecule has 1 unspecified atom stereocenters. The molecule has 136 valence electrons. The van der Waals surface area contributed by atoms with Crippen molar-refractivity contribution in [3.8, 4) is 0 Å². The fraction of sp³-hybridized carbons (Fsp3) is 0.476. The number of hydrogen-bond acceptors (Lipinski definition) is 4. The molecule has 2 aliphatic heterocycles. The first-order valence-electron chi connectivity index (χ1n) is 9.77. The number of nitrogens with zero attached hydrogens (tertiary/aromatic N) is 4. The molecule has 1 atom stereocenters. The van der Waals surface area contributed by atoms with Gasteiger partial charge >= 0.3 is 0 Å². The van der Waals surface area contributed by atoms with E-state index in [1.807, 2.05) is 23.1 Å². The normalized spacial score (nSPS) is 20.0. The smallest absolute Gasteiger partial charge is 0.277 e. The van der Waals surface area contributed by atoms with E-state index < -0.39 is 0 Å². The van der Waals surface area contributed by atoms with E-state index in [0.717, 1.165) is 44.5 Å². The first kappa shape index (κ1) is 17.0. The molecule has 0 saturated carbocycles. The predicted molar refractivity (Wildman–Crippen MR) is 104 cm³/mol. The second-order valence-electron chi connectivity index (χ2n) is 7.18. The molecule has 1 aromatic heterocycles. The van der Waals surface area contributed by atoms with E-state index in [1.54, 1.807) is 12.3 Å². The van der Waals surface area contributed by atoms with Crippen LogP contribution >= 0.6 is 0 Å². The first-order chi connectivity index (χ1) is 12.8. The van der Waals surface area contributed by atoms with Crippen LogP contribution in [0.3, 0.4) is 0 Å². The number of aryl methyl sites for hydroxylation is 1. The van der Waals surface area contributed by atoms with Crippen LogP contribution in [-0.4, -0.2) is 35.0 Å². The van der Waals surface area contributed by atoms with Crippen LogP contribution in [-0.2, 0) is 6.42 Å². The number of aromatic nitrogens is 2. The standard InChI is InChI=1S/C21H26N4O/c1-2-17-10-5-6-14-24(17)21-22-13-12-18(23-21)20(26)25-15-7-9-16-8-3-4-11-19(16)25/h3-4,8,11-13,17H,2,5-7,9-10,14-15H2,1H3. The fourth-order valence-corrected chi connectivity index (χ4v) is 4.18. The topological polar surface area (TPSA) is 49.3 Å². The lowest BCUT2D eigenvalue weighted by molar-refractivity contribution is 0.0980. The maximum atomic E-state index is 13.2. The molecule has 1 amide bonds. The minimum atomic E-state index is -0.0224. The van der Waals surface area contributed by atoms with Gasteiger partial charge in [-0.3, -0.25) is 4.79 Å². The number of carbonyl (C=O) groups is 1. The summed E-state index contributed by atoms with van der Waals surface area (Å²) in [6, 6.07) is 10.4. The van der Waals surface area contributed by atoms with Gasteiger partial charge in [-0.15, -0.1) is 0 Å². The maximum absolute atomic E-state index is 13.2. The van der Waals surface area contributed by atoms with Crippen LogP contribution in [0.2, 0.25) is 0 Å². The summed E-state index contributed by atoms with van der Waals surface area (Å²) in [4.78, 5) is 26.5. The summed E-state index contributed by atoms with van der Waals surface area (Å²) < 4.78 is 0. The second kappa shape index (κ2) is 7.44. The number of piperidine rings is 1. The van der Waals surface area contributed by atoms with Gasteiger partial charge in [0.2, 0.25) is 5.95 Å². The summed E-state index contributed by atoms with van der Waals surface area (Å²) in [5.41, 5.74) is 2.75. The minimum absolute atomic E-state index is 0.0224. The van der Waals surface area contributed by atoms with Crippen molar-refractivity contribution in [2.45, 2.75) is 51.5 Å². The summed E-state index contributed by atoms with van der Waals surface area (Å²) in [6.45, 7) is 3.93. The summed E-state index contributed by atoms with van der Waals surface area (Å²) in [6.07, 6.45) is 8.44. The zero-order valence-corrected chi connectivity index (χ0v) is 15.4. The second-order valence-corrected chi connectivity index (χ2v) is 7.18. The van der Waals surface area contributed by atoms with Crippen LogP contribution in [0, 0.1) is 0 Å². The highest BCUT2D eigenvalue weighted by molar-refractivity contribution is 6.05. The van der Waals surface area contributed by atoms with Crippen molar-refractivity contribution < 1.29 is 4.79 Å². The van der Waals surface area contributed by atoms with Gasteiger partial charge in [0.05, 0.1) is 0 Å². The Labute approximate surface area is 155 Å². The average molecular weight is 350 g/mol. The Balaban J connectivity index is 1.62. The first-order valence-corrected chi connectivity index (χ1v) is 9.77. The van der Waals surface area contributed by atoms with E-state index in [1.165, 1.54) is 18.4 Å². The monoisotopic (exact) mass is 350 g/mol. The molecule has 2 aromatic rings. The van der Waals surface area contributed by atoms with Crippen LogP contribution in [0.15, 0.2) is 36.5 Å². The average Bonchev–Trinajstić information content (AvgIpc) is 2.73. The van der Waals surface area contributed by atoms with Crippen molar-refractivity contribution in [1.29, 1.82) is 0 Å². The summed E-state index contributed by atoms with van der Waals surface area (Å²) in [5.74, 6) is 0.679. The predicted octanol–water partition coefficient (Wildman–Crippen LogP) is 3.84. The molecular formula is C21H26N4O. The highest BCUT2D eigenvalue weighted by atomic mass is 16.2. The van der Waals surface area contributed by atoms with Crippen molar-refractivity contribution >= 4 is 17.5 Å². The number of anilines is 2. The third kappa shape index (κ3) is 3.18.